The van der Waals surface area contributed by atoms with Gasteiger partial charge in [0.05, 0.1) is 0 Å². The Hall–Kier alpha value is -0.340. The van der Waals surface area contributed by atoms with Gasteiger partial charge in [-0.1, -0.05) is 12.5 Å². The fourth-order valence-corrected chi connectivity index (χ4v) is 1.81. The van der Waals surface area contributed by atoms with Crippen LogP contribution in [0.5, 0.6) is 0 Å². The van der Waals surface area contributed by atoms with Gasteiger partial charge in [0, 0.05) is 18.1 Å². The topological polar surface area (TPSA) is 15.3 Å². The molecule has 0 saturated heterocycles. The zero-order chi connectivity index (χ0) is 13.3. The van der Waals surface area contributed by atoms with E-state index < -0.39 is 0 Å². The van der Waals surface area contributed by atoms with Crippen molar-refractivity contribution in [2.75, 3.05) is 19.6 Å². The molecule has 0 aromatic heterocycles. The number of rotatable bonds is 9. The van der Waals surface area contributed by atoms with E-state index in [-0.39, 0.29) is 5.54 Å². The summed E-state index contributed by atoms with van der Waals surface area (Å²) in [6.45, 7) is 18.3. The van der Waals surface area contributed by atoms with E-state index in [2.05, 4.69) is 51.4 Å². The summed E-state index contributed by atoms with van der Waals surface area (Å²) in [5, 5.41) is 3.53. The van der Waals surface area contributed by atoms with E-state index >= 15 is 0 Å². The summed E-state index contributed by atoms with van der Waals surface area (Å²) < 4.78 is 0. The van der Waals surface area contributed by atoms with Crippen molar-refractivity contribution in [3.8, 4) is 0 Å². The third kappa shape index (κ3) is 10.5. The number of nitrogens with zero attached hydrogens (tertiary/aromatic N) is 1. The molecule has 2 nitrogen and oxygen atoms in total. The van der Waals surface area contributed by atoms with Gasteiger partial charge in [0.15, 0.2) is 0 Å². The molecule has 0 unspecified atom stereocenters. The largest absolute Gasteiger partial charge is 0.312 e. The van der Waals surface area contributed by atoms with E-state index in [9.17, 15) is 0 Å². The first-order valence-corrected chi connectivity index (χ1v) is 6.97. The van der Waals surface area contributed by atoms with Crippen molar-refractivity contribution in [3.63, 3.8) is 0 Å². The minimum Gasteiger partial charge on any atom is -0.312 e. The van der Waals surface area contributed by atoms with E-state index in [1.54, 1.807) is 0 Å². The molecule has 0 aromatic carbocycles. The van der Waals surface area contributed by atoms with Crippen molar-refractivity contribution < 1.29 is 0 Å². The highest BCUT2D eigenvalue weighted by molar-refractivity contribution is 4.75. The maximum atomic E-state index is 3.82. The summed E-state index contributed by atoms with van der Waals surface area (Å²) in [4.78, 5) is 2.48. The van der Waals surface area contributed by atoms with Crippen molar-refractivity contribution >= 4 is 0 Å². The average Bonchev–Trinajstić information content (AvgIpc) is 2.19. The molecule has 0 aliphatic rings. The third-order valence-electron chi connectivity index (χ3n) is 2.87. The van der Waals surface area contributed by atoms with Crippen LogP contribution < -0.4 is 5.32 Å². The first kappa shape index (κ1) is 16.7. The predicted octanol–water partition coefficient (Wildman–Crippen LogP) is 3.44. The second-order valence-electron chi connectivity index (χ2n) is 6.11. The van der Waals surface area contributed by atoms with Crippen LogP contribution in [0.25, 0.3) is 0 Å². The predicted molar refractivity (Wildman–Crippen MR) is 78.5 cm³/mol. The first-order chi connectivity index (χ1) is 7.87. The van der Waals surface area contributed by atoms with E-state index in [4.69, 9.17) is 0 Å². The van der Waals surface area contributed by atoms with Crippen molar-refractivity contribution in [2.45, 2.75) is 65.5 Å². The molecule has 1 N–H and O–H groups in total. The maximum Gasteiger partial charge on any atom is 0.0163 e. The van der Waals surface area contributed by atoms with E-state index in [1.807, 2.05) is 6.08 Å². The van der Waals surface area contributed by atoms with Crippen molar-refractivity contribution in [2.24, 2.45) is 0 Å². The Morgan fingerprint density at radius 2 is 1.82 bits per heavy atom. The molecule has 0 heterocycles. The molecule has 17 heavy (non-hydrogen) atoms. The molecule has 0 fully saturated rings. The lowest BCUT2D eigenvalue weighted by atomic mass is 10.1. The highest BCUT2D eigenvalue weighted by Gasteiger charge is 2.08. The van der Waals surface area contributed by atoms with Crippen molar-refractivity contribution in [1.82, 2.24) is 10.2 Å². The quantitative estimate of drug-likeness (QED) is 0.490. The second kappa shape index (κ2) is 8.71. The standard InChI is InChI=1S/C15H32N2/c1-7-12-17(14(2)3)13-10-8-9-11-16-15(4,5)6/h7,14,16H,1,8-13H2,2-6H3. The van der Waals surface area contributed by atoms with Gasteiger partial charge >= 0.3 is 0 Å². The molecular weight excluding hydrogens is 208 g/mol. The first-order valence-electron chi connectivity index (χ1n) is 6.97. The van der Waals surface area contributed by atoms with Crippen molar-refractivity contribution in [3.05, 3.63) is 12.7 Å². The van der Waals surface area contributed by atoms with Gasteiger partial charge in [-0.25, -0.2) is 0 Å². The highest BCUT2D eigenvalue weighted by atomic mass is 15.1. The van der Waals surface area contributed by atoms with Crippen LogP contribution >= 0.6 is 0 Å². The molecule has 0 aromatic rings. The van der Waals surface area contributed by atoms with Gasteiger partial charge < -0.3 is 5.32 Å². The number of nitrogens with one attached hydrogen (secondary N) is 1. The van der Waals surface area contributed by atoms with Crippen LogP contribution in [0.4, 0.5) is 0 Å². The minimum atomic E-state index is 0.257. The average molecular weight is 240 g/mol. The molecule has 0 aliphatic carbocycles. The summed E-state index contributed by atoms with van der Waals surface area (Å²) in [6.07, 6.45) is 5.87. The van der Waals surface area contributed by atoms with Crippen LogP contribution in [0, 0.1) is 0 Å². The maximum absolute atomic E-state index is 3.82. The lowest BCUT2D eigenvalue weighted by molar-refractivity contribution is 0.240. The summed E-state index contributed by atoms with van der Waals surface area (Å²) in [5.74, 6) is 0. The van der Waals surface area contributed by atoms with E-state index in [0.717, 1.165) is 13.1 Å². The Bertz CT molecular complexity index is 192. The smallest absolute Gasteiger partial charge is 0.0163 e. The second-order valence-corrected chi connectivity index (χ2v) is 6.11. The van der Waals surface area contributed by atoms with E-state index in [0.29, 0.717) is 6.04 Å². The SMILES string of the molecule is C=CCN(CCCCCNC(C)(C)C)C(C)C. The van der Waals surface area contributed by atoms with Gasteiger partial charge in [0.2, 0.25) is 0 Å². The Kier molecular flexibility index (Phi) is 8.53. The number of hydrogen-bond donors (Lipinski definition) is 1. The van der Waals surface area contributed by atoms with Crippen LogP contribution in [0.1, 0.15) is 53.9 Å². The zero-order valence-corrected chi connectivity index (χ0v) is 12.6. The summed E-state index contributed by atoms with van der Waals surface area (Å²) >= 11 is 0. The zero-order valence-electron chi connectivity index (χ0n) is 12.6. The van der Waals surface area contributed by atoms with Gasteiger partial charge in [0.25, 0.3) is 0 Å². The molecule has 102 valence electrons. The molecule has 0 saturated carbocycles. The summed E-state index contributed by atoms with van der Waals surface area (Å²) in [5.41, 5.74) is 0.257. The molecule has 0 bridgehead atoms. The van der Waals surface area contributed by atoms with Gasteiger partial charge in [-0.2, -0.15) is 0 Å². The molecule has 0 aliphatic heterocycles. The van der Waals surface area contributed by atoms with Crippen LogP contribution in [-0.2, 0) is 0 Å². The molecule has 0 rings (SSSR count). The Morgan fingerprint density at radius 3 is 2.29 bits per heavy atom. The monoisotopic (exact) mass is 240 g/mol. The van der Waals surface area contributed by atoms with Crippen molar-refractivity contribution in [1.29, 1.82) is 0 Å². The van der Waals surface area contributed by atoms with E-state index in [1.165, 1.54) is 25.8 Å². The Morgan fingerprint density at radius 1 is 1.18 bits per heavy atom. The van der Waals surface area contributed by atoms with Crippen LogP contribution in [0.3, 0.4) is 0 Å². The minimum absolute atomic E-state index is 0.257. The Labute approximate surface area is 108 Å². The van der Waals surface area contributed by atoms with Crippen LogP contribution in [0.15, 0.2) is 12.7 Å². The lowest BCUT2D eigenvalue weighted by Gasteiger charge is -2.25. The number of hydrogen-bond acceptors (Lipinski definition) is 2. The van der Waals surface area contributed by atoms with Gasteiger partial charge in [-0.05, 0) is 60.5 Å². The number of unbranched alkanes of at least 4 members (excludes halogenated alkanes) is 2. The van der Waals surface area contributed by atoms with Gasteiger partial charge in [-0.15, -0.1) is 6.58 Å². The molecule has 0 radical (unpaired) electrons. The fraction of sp³-hybridized carbons (Fsp3) is 0.867. The molecule has 0 atom stereocenters. The van der Waals surface area contributed by atoms with Gasteiger partial charge in [-0.3, -0.25) is 4.90 Å². The molecule has 0 spiro atoms. The third-order valence-corrected chi connectivity index (χ3v) is 2.87. The molecular formula is C15H32N2. The van der Waals surface area contributed by atoms with Crippen LogP contribution in [-0.4, -0.2) is 36.1 Å². The van der Waals surface area contributed by atoms with Crippen LogP contribution in [0.2, 0.25) is 0 Å². The molecule has 0 amide bonds. The normalized spacial score (nSPS) is 12.4. The lowest BCUT2D eigenvalue weighted by Crippen LogP contribution is -2.36. The highest BCUT2D eigenvalue weighted by Crippen LogP contribution is 2.04. The summed E-state index contributed by atoms with van der Waals surface area (Å²) in [7, 11) is 0. The van der Waals surface area contributed by atoms with Gasteiger partial charge in [0.1, 0.15) is 0 Å². The fourth-order valence-electron chi connectivity index (χ4n) is 1.81. The Balaban J connectivity index is 3.52. The molecule has 2 heteroatoms. The summed E-state index contributed by atoms with van der Waals surface area (Å²) in [6, 6.07) is 0.626.